The second-order valence-corrected chi connectivity index (χ2v) is 9.51. The highest BCUT2D eigenvalue weighted by atomic mass is 32.1. The summed E-state index contributed by atoms with van der Waals surface area (Å²) in [6.07, 6.45) is 6.62. The SMILES string of the molecule is CN1C(=O)N(Cc2cccnc2)C(=O)C12CCN(Cc1cnc(-c3ccccc3)s1)CC2. The van der Waals surface area contributed by atoms with Gasteiger partial charge in [-0.1, -0.05) is 36.4 Å². The van der Waals surface area contributed by atoms with Crippen LogP contribution in [-0.2, 0) is 17.9 Å². The molecule has 2 aliphatic rings. The molecule has 4 heterocycles. The first-order valence-electron chi connectivity index (χ1n) is 10.8. The first kappa shape index (κ1) is 20.8. The Morgan fingerprint density at radius 1 is 1.00 bits per heavy atom. The van der Waals surface area contributed by atoms with Crippen LogP contribution in [0.4, 0.5) is 4.79 Å². The van der Waals surface area contributed by atoms with E-state index in [4.69, 9.17) is 0 Å². The minimum absolute atomic E-state index is 0.0855. The van der Waals surface area contributed by atoms with Crippen molar-refractivity contribution in [2.45, 2.75) is 31.5 Å². The van der Waals surface area contributed by atoms with E-state index in [-0.39, 0.29) is 18.5 Å². The van der Waals surface area contributed by atoms with E-state index < -0.39 is 5.54 Å². The number of amides is 3. The molecular weight excluding hydrogens is 422 g/mol. The molecule has 2 saturated heterocycles. The average Bonchev–Trinajstić information content (AvgIpc) is 3.37. The first-order valence-corrected chi connectivity index (χ1v) is 11.6. The van der Waals surface area contributed by atoms with Crippen molar-refractivity contribution in [2.75, 3.05) is 20.1 Å². The number of pyridine rings is 1. The molecule has 2 aliphatic heterocycles. The summed E-state index contributed by atoms with van der Waals surface area (Å²) in [5, 5.41) is 1.02. The normalized spacial score (nSPS) is 18.7. The van der Waals surface area contributed by atoms with Gasteiger partial charge in [-0.25, -0.2) is 9.78 Å². The molecule has 0 N–H and O–H groups in total. The zero-order valence-electron chi connectivity index (χ0n) is 18.0. The number of piperidine rings is 1. The number of carbonyl (C=O) groups is 2. The Hall–Kier alpha value is -3.10. The Morgan fingerprint density at radius 3 is 2.50 bits per heavy atom. The summed E-state index contributed by atoms with van der Waals surface area (Å²) in [5.74, 6) is -0.0855. The number of hydrogen-bond acceptors (Lipinski definition) is 6. The summed E-state index contributed by atoms with van der Waals surface area (Å²) >= 11 is 1.71. The molecule has 2 aromatic heterocycles. The van der Waals surface area contributed by atoms with Crippen LogP contribution in [0.15, 0.2) is 61.1 Å². The maximum absolute atomic E-state index is 13.3. The second kappa shape index (κ2) is 8.44. The largest absolute Gasteiger partial charge is 0.327 e. The summed E-state index contributed by atoms with van der Waals surface area (Å²) in [4.78, 5) is 41.5. The quantitative estimate of drug-likeness (QED) is 0.559. The van der Waals surface area contributed by atoms with Gasteiger partial charge in [-0.15, -0.1) is 11.3 Å². The van der Waals surface area contributed by atoms with Crippen LogP contribution in [0.5, 0.6) is 0 Å². The van der Waals surface area contributed by atoms with E-state index >= 15 is 0 Å². The molecule has 3 amide bonds. The molecule has 0 unspecified atom stereocenters. The van der Waals surface area contributed by atoms with Crippen molar-refractivity contribution in [1.82, 2.24) is 24.7 Å². The number of imide groups is 1. The van der Waals surface area contributed by atoms with E-state index in [0.29, 0.717) is 12.8 Å². The number of likely N-dealkylation sites (tertiary alicyclic amines) is 1. The van der Waals surface area contributed by atoms with Gasteiger partial charge in [0.1, 0.15) is 10.5 Å². The zero-order valence-corrected chi connectivity index (χ0v) is 18.8. The van der Waals surface area contributed by atoms with E-state index in [1.165, 1.54) is 9.78 Å². The van der Waals surface area contributed by atoms with E-state index in [1.54, 1.807) is 35.7 Å². The molecule has 1 aromatic carbocycles. The molecule has 164 valence electrons. The van der Waals surface area contributed by atoms with Crippen LogP contribution in [0.3, 0.4) is 0 Å². The maximum atomic E-state index is 13.3. The van der Waals surface area contributed by atoms with Crippen LogP contribution in [0.2, 0.25) is 0 Å². The van der Waals surface area contributed by atoms with Crippen LogP contribution >= 0.6 is 11.3 Å². The third-order valence-corrected chi connectivity index (χ3v) is 7.53. The number of thiazole rings is 1. The molecule has 0 aliphatic carbocycles. The molecular formula is C24H25N5O2S. The number of hydrogen-bond donors (Lipinski definition) is 0. The smallest absolute Gasteiger partial charge is 0.312 e. The lowest BCUT2D eigenvalue weighted by atomic mass is 9.86. The Labute approximate surface area is 191 Å². The summed E-state index contributed by atoms with van der Waals surface area (Å²) in [5.41, 5.74) is 1.25. The fourth-order valence-corrected chi connectivity index (χ4v) is 5.57. The molecule has 5 rings (SSSR count). The van der Waals surface area contributed by atoms with Crippen LogP contribution < -0.4 is 0 Å². The van der Waals surface area contributed by atoms with Crippen molar-refractivity contribution in [3.05, 3.63) is 71.5 Å². The van der Waals surface area contributed by atoms with Gasteiger partial charge < -0.3 is 4.90 Å². The molecule has 0 bridgehead atoms. The van der Waals surface area contributed by atoms with Crippen LogP contribution in [-0.4, -0.2) is 62.3 Å². The maximum Gasteiger partial charge on any atom is 0.327 e. The molecule has 1 spiro atoms. The van der Waals surface area contributed by atoms with Gasteiger partial charge in [0.25, 0.3) is 5.91 Å². The number of aromatic nitrogens is 2. The molecule has 8 heteroatoms. The van der Waals surface area contributed by atoms with E-state index in [9.17, 15) is 9.59 Å². The lowest BCUT2D eigenvalue weighted by molar-refractivity contribution is -0.135. The minimum Gasteiger partial charge on any atom is -0.312 e. The highest BCUT2D eigenvalue weighted by Gasteiger charge is 2.56. The summed E-state index contributed by atoms with van der Waals surface area (Å²) in [7, 11) is 1.76. The molecule has 7 nitrogen and oxygen atoms in total. The predicted molar refractivity (Wildman–Crippen MR) is 123 cm³/mol. The number of urea groups is 1. The van der Waals surface area contributed by atoms with Gasteiger partial charge >= 0.3 is 6.03 Å². The Balaban J connectivity index is 1.24. The highest BCUT2D eigenvalue weighted by molar-refractivity contribution is 7.15. The van der Waals surface area contributed by atoms with E-state index in [0.717, 1.165) is 35.8 Å². The second-order valence-electron chi connectivity index (χ2n) is 8.40. The summed E-state index contributed by atoms with van der Waals surface area (Å²) in [6.45, 7) is 2.61. The van der Waals surface area contributed by atoms with Crippen molar-refractivity contribution in [3.63, 3.8) is 0 Å². The first-order chi connectivity index (χ1) is 15.6. The fourth-order valence-electron chi connectivity index (χ4n) is 4.60. The molecule has 0 saturated carbocycles. The lowest BCUT2D eigenvalue weighted by Gasteiger charge is -2.40. The summed E-state index contributed by atoms with van der Waals surface area (Å²) in [6, 6.07) is 13.7. The Morgan fingerprint density at radius 2 is 1.78 bits per heavy atom. The molecule has 32 heavy (non-hydrogen) atoms. The van der Waals surface area contributed by atoms with Gasteiger partial charge in [-0.2, -0.15) is 0 Å². The molecule has 0 atom stereocenters. The van der Waals surface area contributed by atoms with Crippen molar-refractivity contribution in [2.24, 2.45) is 0 Å². The third-order valence-electron chi connectivity index (χ3n) is 6.50. The Bertz CT molecular complexity index is 1110. The fraction of sp³-hybridized carbons (Fsp3) is 0.333. The number of benzene rings is 1. The van der Waals surface area contributed by atoms with Gasteiger partial charge in [0.15, 0.2) is 0 Å². The van der Waals surface area contributed by atoms with Gasteiger partial charge in [-0.05, 0) is 24.5 Å². The van der Waals surface area contributed by atoms with Gasteiger partial charge in [0, 0.05) is 55.7 Å². The Kier molecular flexibility index (Phi) is 5.48. The minimum atomic E-state index is -0.737. The predicted octanol–water partition coefficient (Wildman–Crippen LogP) is 3.63. The topological polar surface area (TPSA) is 69.6 Å². The number of likely N-dealkylation sites (N-methyl/N-ethyl adjacent to an activating group) is 1. The van der Waals surface area contributed by atoms with Crippen LogP contribution in [0.25, 0.3) is 10.6 Å². The number of rotatable bonds is 5. The molecule has 3 aromatic rings. The number of carbonyl (C=O) groups excluding carboxylic acids is 2. The molecule has 2 fully saturated rings. The van der Waals surface area contributed by atoms with Gasteiger partial charge in [-0.3, -0.25) is 19.6 Å². The zero-order chi connectivity index (χ0) is 22.1. The van der Waals surface area contributed by atoms with Crippen molar-refractivity contribution in [3.8, 4) is 10.6 Å². The van der Waals surface area contributed by atoms with Gasteiger partial charge in [0.05, 0.1) is 6.54 Å². The lowest BCUT2D eigenvalue weighted by Crippen LogP contribution is -2.55. The van der Waals surface area contributed by atoms with Crippen molar-refractivity contribution >= 4 is 23.3 Å². The van der Waals surface area contributed by atoms with E-state index in [2.05, 4.69) is 27.0 Å². The van der Waals surface area contributed by atoms with Crippen molar-refractivity contribution in [1.29, 1.82) is 0 Å². The van der Waals surface area contributed by atoms with Crippen LogP contribution in [0.1, 0.15) is 23.3 Å². The van der Waals surface area contributed by atoms with E-state index in [1.807, 2.05) is 36.5 Å². The highest BCUT2D eigenvalue weighted by Crippen LogP contribution is 2.37. The average molecular weight is 448 g/mol. The standard InChI is InChI=1S/C24H25N5O2S/c1-27-23(31)29(16-18-6-5-11-25-14-18)22(30)24(27)9-12-28(13-10-24)17-20-15-26-21(32-20)19-7-3-2-4-8-19/h2-8,11,14-15H,9-10,12-13,16-17H2,1H3. The monoisotopic (exact) mass is 447 g/mol. The third kappa shape index (κ3) is 3.69. The number of nitrogens with zero attached hydrogens (tertiary/aromatic N) is 5. The van der Waals surface area contributed by atoms with Crippen LogP contribution in [0, 0.1) is 0 Å². The summed E-state index contributed by atoms with van der Waals surface area (Å²) < 4.78 is 0. The van der Waals surface area contributed by atoms with Crippen molar-refractivity contribution < 1.29 is 9.59 Å². The van der Waals surface area contributed by atoms with Gasteiger partial charge in [0.2, 0.25) is 0 Å². The molecule has 0 radical (unpaired) electrons.